The number of halogens is 2. The second-order valence-corrected chi connectivity index (χ2v) is 7.14. The summed E-state index contributed by atoms with van der Waals surface area (Å²) < 4.78 is 26.8. The van der Waals surface area contributed by atoms with Gasteiger partial charge in [-0.3, -0.25) is 0 Å². The molecule has 2 rings (SSSR count). The molecular formula is C13H20Cl2N2O2S. The van der Waals surface area contributed by atoms with E-state index in [1.54, 1.807) is 29.4 Å². The molecule has 1 fully saturated rings. The minimum atomic E-state index is -3.43. The first-order valence-electron chi connectivity index (χ1n) is 6.39. The van der Waals surface area contributed by atoms with Gasteiger partial charge in [-0.1, -0.05) is 17.7 Å². The van der Waals surface area contributed by atoms with Gasteiger partial charge in [-0.15, -0.1) is 12.4 Å². The van der Waals surface area contributed by atoms with Crippen molar-refractivity contribution in [3.8, 4) is 0 Å². The van der Waals surface area contributed by atoms with E-state index in [0.717, 1.165) is 12.8 Å². The van der Waals surface area contributed by atoms with Crippen LogP contribution in [0.3, 0.4) is 0 Å². The molecule has 0 aromatic heterocycles. The highest BCUT2D eigenvalue weighted by Crippen LogP contribution is 2.27. The number of hydrogen-bond donors (Lipinski definition) is 1. The number of rotatable bonds is 3. The molecule has 0 amide bonds. The summed E-state index contributed by atoms with van der Waals surface area (Å²) in [6.07, 6.45) is 1.69. The van der Waals surface area contributed by atoms with E-state index < -0.39 is 10.0 Å². The first-order chi connectivity index (χ1) is 8.96. The Balaban J connectivity index is 0.00000200. The Labute approximate surface area is 132 Å². The van der Waals surface area contributed by atoms with E-state index in [0.29, 0.717) is 34.6 Å². The molecule has 0 aliphatic carbocycles. The average molecular weight is 339 g/mol. The monoisotopic (exact) mass is 338 g/mol. The molecule has 1 saturated heterocycles. The zero-order valence-corrected chi connectivity index (χ0v) is 14.0. The van der Waals surface area contributed by atoms with Crippen LogP contribution in [0.1, 0.15) is 18.4 Å². The molecule has 0 spiro atoms. The van der Waals surface area contributed by atoms with Gasteiger partial charge in [0, 0.05) is 24.2 Å². The predicted octanol–water partition coefficient (Wildman–Crippen LogP) is 2.44. The molecule has 4 nitrogen and oxygen atoms in total. The van der Waals surface area contributed by atoms with Crippen molar-refractivity contribution in [2.24, 2.45) is 0 Å². The van der Waals surface area contributed by atoms with Crippen molar-refractivity contribution in [1.82, 2.24) is 9.62 Å². The summed E-state index contributed by atoms with van der Waals surface area (Å²) in [5.74, 6) is 0. The van der Waals surface area contributed by atoms with Crippen LogP contribution in [0.25, 0.3) is 0 Å². The third-order valence-electron chi connectivity index (χ3n) is 3.70. The molecule has 0 bridgehead atoms. The second kappa shape index (κ2) is 7.09. The lowest BCUT2D eigenvalue weighted by molar-refractivity contribution is 0.298. The summed E-state index contributed by atoms with van der Waals surface area (Å²) in [4.78, 5) is 0.322. The Bertz CT molecular complexity index is 555. The van der Waals surface area contributed by atoms with Crippen molar-refractivity contribution in [1.29, 1.82) is 0 Å². The van der Waals surface area contributed by atoms with Gasteiger partial charge in [0.1, 0.15) is 0 Å². The van der Waals surface area contributed by atoms with E-state index in [4.69, 9.17) is 11.6 Å². The minimum absolute atomic E-state index is 0. The van der Waals surface area contributed by atoms with E-state index in [1.807, 2.05) is 7.05 Å². The summed E-state index contributed by atoms with van der Waals surface area (Å²) in [5.41, 5.74) is 0.625. The van der Waals surface area contributed by atoms with Gasteiger partial charge in [0.05, 0.1) is 4.90 Å². The van der Waals surface area contributed by atoms with Crippen LogP contribution in [0.15, 0.2) is 23.1 Å². The van der Waals surface area contributed by atoms with Crippen LogP contribution in [0.2, 0.25) is 5.02 Å². The summed E-state index contributed by atoms with van der Waals surface area (Å²) in [7, 11) is -1.51. The van der Waals surface area contributed by atoms with Crippen molar-refractivity contribution < 1.29 is 8.42 Å². The fourth-order valence-electron chi connectivity index (χ4n) is 2.39. The van der Waals surface area contributed by atoms with E-state index in [9.17, 15) is 8.42 Å². The topological polar surface area (TPSA) is 49.4 Å². The van der Waals surface area contributed by atoms with Crippen molar-refractivity contribution in [2.45, 2.75) is 30.7 Å². The van der Waals surface area contributed by atoms with Gasteiger partial charge in [-0.2, -0.15) is 4.31 Å². The van der Waals surface area contributed by atoms with E-state index in [1.165, 1.54) is 0 Å². The highest BCUT2D eigenvalue weighted by Gasteiger charge is 2.30. The molecule has 1 N–H and O–H groups in total. The zero-order chi connectivity index (χ0) is 14.0. The second-order valence-electron chi connectivity index (χ2n) is 4.83. The van der Waals surface area contributed by atoms with Gasteiger partial charge < -0.3 is 5.32 Å². The summed E-state index contributed by atoms with van der Waals surface area (Å²) in [6.45, 7) is 2.86. The fraction of sp³-hybridized carbons (Fsp3) is 0.538. The van der Waals surface area contributed by atoms with Crippen LogP contribution < -0.4 is 5.32 Å². The van der Waals surface area contributed by atoms with Crippen LogP contribution in [-0.4, -0.2) is 38.9 Å². The smallest absolute Gasteiger partial charge is 0.243 e. The number of hydrogen-bond acceptors (Lipinski definition) is 3. The van der Waals surface area contributed by atoms with Crippen LogP contribution in [0, 0.1) is 6.92 Å². The summed E-state index contributed by atoms with van der Waals surface area (Å²) in [6, 6.07) is 5.43. The molecular weight excluding hydrogens is 319 g/mol. The lowest BCUT2D eigenvalue weighted by Gasteiger charge is -2.31. The molecule has 20 heavy (non-hydrogen) atoms. The van der Waals surface area contributed by atoms with E-state index in [2.05, 4.69) is 5.32 Å². The number of benzene rings is 1. The Hall–Kier alpha value is -0.330. The lowest BCUT2D eigenvalue weighted by Crippen LogP contribution is -2.44. The number of nitrogens with one attached hydrogen (secondary N) is 1. The lowest BCUT2D eigenvalue weighted by atomic mass is 10.1. The van der Waals surface area contributed by atoms with Crippen molar-refractivity contribution in [3.63, 3.8) is 0 Å². The molecule has 0 atom stereocenters. The van der Waals surface area contributed by atoms with Gasteiger partial charge in [0.2, 0.25) is 10.0 Å². The van der Waals surface area contributed by atoms with Crippen molar-refractivity contribution in [2.75, 3.05) is 20.1 Å². The molecule has 1 aromatic rings. The van der Waals surface area contributed by atoms with E-state index >= 15 is 0 Å². The Kier molecular flexibility index (Phi) is 6.28. The molecule has 1 heterocycles. The Morgan fingerprint density at radius 3 is 2.45 bits per heavy atom. The van der Waals surface area contributed by atoms with Crippen LogP contribution in [0.5, 0.6) is 0 Å². The van der Waals surface area contributed by atoms with Crippen LogP contribution >= 0.6 is 24.0 Å². The maximum Gasteiger partial charge on any atom is 0.243 e. The number of piperidine rings is 1. The third-order valence-corrected chi connectivity index (χ3v) is 6.15. The van der Waals surface area contributed by atoms with Crippen LogP contribution in [0.4, 0.5) is 0 Å². The normalized spacial score (nSPS) is 17.8. The molecule has 114 valence electrons. The standard InChI is InChI=1S/C13H19ClN2O2S.ClH/c1-10-12(14)4-3-5-13(10)19(17,18)16-8-6-11(15-2)7-9-16;/h3-5,11,15H,6-9H2,1-2H3;1H. The SMILES string of the molecule is CNC1CCN(S(=O)(=O)c2cccc(Cl)c2C)CC1.Cl. The quantitative estimate of drug-likeness (QED) is 0.920. The number of nitrogens with zero attached hydrogens (tertiary/aromatic N) is 1. The van der Waals surface area contributed by atoms with Gasteiger partial charge >= 0.3 is 0 Å². The summed E-state index contributed by atoms with van der Waals surface area (Å²) >= 11 is 6.01. The van der Waals surface area contributed by atoms with Gasteiger partial charge in [0.25, 0.3) is 0 Å². The fourth-order valence-corrected chi connectivity index (χ4v) is 4.34. The first kappa shape index (κ1) is 17.7. The molecule has 7 heteroatoms. The predicted molar refractivity (Wildman–Crippen MR) is 84.3 cm³/mol. The van der Waals surface area contributed by atoms with Gasteiger partial charge in [-0.25, -0.2) is 8.42 Å². The molecule has 0 radical (unpaired) electrons. The minimum Gasteiger partial charge on any atom is -0.317 e. The van der Waals surface area contributed by atoms with Crippen LogP contribution in [-0.2, 0) is 10.0 Å². The average Bonchev–Trinajstić information content (AvgIpc) is 2.41. The molecule has 1 aliphatic rings. The van der Waals surface area contributed by atoms with E-state index in [-0.39, 0.29) is 12.4 Å². The first-order valence-corrected chi connectivity index (χ1v) is 8.21. The van der Waals surface area contributed by atoms with Gasteiger partial charge in [-0.05, 0) is 44.5 Å². The molecule has 1 aliphatic heterocycles. The zero-order valence-electron chi connectivity index (χ0n) is 11.6. The molecule has 0 saturated carbocycles. The Morgan fingerprint density at radius 2 is 1.90 bits per heavy atom. The van der Waals surface area contributed by atoms with Gasteiger partial charge in [0.15, 0.2) is 0 Å². The number of sulfonamides is 1. The van der Waals surface area contributed by atoms with Crippen molar-refractivity contribution in [3.05, 3.63) is 28.8 Å². The molecule has 0 unspecified atom stereocenters. The highest BCUT2D eigenvalue weighted by molar-refractivity contribution is 7.89. The van der Waals surface area contributed by atoms with Crippen molar-refractivity contribution >= 4 is 34.0 Å². The molecule has 1 aromatic carbocycles. The maximum atomic E-state index is 12.6. The highest BCUT2D eigenvalue weighted by atomic mass is 35.5. The summed E-state index contributed by atoms with van der Waals surface area (Å²) in [5, 5.41) is 3.69. The third kappa shape index (κ3) is 3.46. The maximum absolute atomic E-state index is 12.6. The largest absolute Gasteiger partial charge is 0.317 e. The Morgan fingerprint density at radius 1 is 1.30 bits per heavy atom.